The molecule has 0 spiro atoms. The highest BCUT2D eigenvalue weighted by Crippen LogP contribution is 2.39. The van der Waals surface area contributed by atoms with E-state index in [2.05, 4.69) is 15.9 Å². The number of nitrogens with zero attached hydrogens (tertiary/aromatic N) is 2. The van der Waals surface area contributed by atoms with Gasteiger partial charge in [-0.2, -0.15) is 0 Å². The number of esters is 1. The van der Waals surface area contributed by atoms with Crippen LogP contribution in [0.25, 0.3) is 11.8 Å². The molecule has 3 aromatic carbocycles. The Kier molecular flexibility index (Phi) is 9.14. The fraction of sp³-hybridized carbons (Fsp3) is 0.161. The van der Waals surface area contributed by atoms with Gasteiger partial charge in [-0.3, -0.25) is 9.36 Å². The third-order valence-electron chi connectivity index (χ3n) is 6.46. The Morgan fingerprint density at radius 3 is 2.53 bits per heavy atom. The van der Waals surface area contributed by atoms with Crippen molar-refractivity contribution in [1.82, 2.24) is 4.57 Å². The van der Waals surface area contributed by atoms with E-state index in [0.29, 0.717) is 52.7 Å². The van der Waals surface area contributed by atoms with Crippen molar-refractivity contribution in [2.24, 2.45) is 4.99 Å². The van der Waals surface area contributed by atoms with E-state index >= 15 is 0 Å². The number of fused-ring (bicyclic) bond motifs is 1. The molecule has 0 saturated heterocycles. The zero-order chi connectivity index (χ0) is 30.7. The second-order valence-electron chi connectivity index (χ2n) is 9.19. The Morgan fingerprint density at radius 1 is 1.12 bits per heavy atom. The number of rotatable bonds is 9. The lowest BCUT2D eigenvalue weighted by molar-refractivity contribution is -0.140. The molecule has 9 nitrogen and oxygen atoms in total. The van der Waals surface area contributed by atoms with Gasteiger partial charge in [0, 0.05) is 16.1 Å². The number of hydrogen-bond donors (Lipinski definition) is 1. The zero-order valence-corrected chi connectivity index (χ0v) is 26.0. The Hall–Kier alpha value is -4.19. The SMILES string of the molecule is CCOC(=O)C1=C(c2ccccc2)N=c2s/c(=C\c3ccc(OCC(=O)O)c(Br)c3)c(=O)n2[C@@H]1c1cc(Cl)ccc1OC. The lowest BCUT2D eigenvalue weighted by Gasteiger charge is -2.27. The Morgan fingerprint density at radius 2 is 1.86 bits per heavy atom. The van der Waals surface area contributed by atoms with Crippen LogP contribution in [-0.2, 0) is 14.3 Å². The fourth-order valence-electron chi connectivity index (χ4n) is 4.67. The lowest BCUT2D eigenvalue weighted by Crippen LogP contribution is -2.40. The fourth-order valence-corrected chi connectivity index (χ4v) is 6.36. The summed E-state index contributed by atoms with van der Waals surface area (Å²) in [6.45, 7) is 1.34. The number of carboxylic acids is 1. The molecule has 0 radical (unpaired) electrons. The predicted octanol–water partition coefficient (Wildman–Crippen LogP) is 4.82. The largest absolute Gasteiger partial charge is 0.496 e. The summed E-state index contributed by atoms with van der Waals surface area (Å²) in [6.07, 6.45) is 1.69. The number of hydrogen-bond acceptors (Lipinski definition) is 8. The number of carbonyl (C=O) groups is 2. The zero-order valence-electron chi connectivity index (χ0n) is 22.9. The highest BCUT2D eigenvalue weighted by atomic mass is 79.9. The molecule has 5 rings (SSSR count). The van der Waals surface area contributed by atoms with Crippen molar-refractivity contribution >= 4 is 62.6 Å². The molecule has 12 heteroatoms. The molecule has 43 heavy (non-hydrogen) atoms. The molecular formula is C31H24BrClN2O7S. The van der Waals surface area contributed by atoms with E-state index < -0.39 is 24.6 Å². The molecule has 1 aliphatic rings. The molecule has 0 bridgehead atoms. The summed E-state index contributed by atoms with van der Waals surface area (Å²) in [5, 5.41) is 9.31. The monoisotopic (exact) mass is 682 g/mol. The van der Waals surface area contributed by atoms with Gasteiger partial charge in [0.15, 0.2) is 11.4 Å². The summed E-state index contributed by atoms with van der Waals surface area (Å²) in [5.74, 6) is -0.936. The van der Waals surface area contributed by atoms with Crippen molar-refractivity contribution in [3.05, 3.63) is 118 Å². The number of carbonyl (C=O) groups excluding carboxylic acids is 1. The average molecular weight is 684 g/mol. The van der Waals surface area contributed by atoms with Crippen LogP contribution in [0.4, 0.5) is 0 Å². The predicted molar refractivity (Wildman–Crippen MR) is 166 cm³/mol. The number of benzene rings is 3. The van der Waals surface area contributed by atoms with Gasteiger partial charge in [-0.1, -0.05) is 59.3 Å². The summed E-state index contributed by atoms with van der Waals surface area (Å²) in [4.78, 5) is 43.9. The van der Waals surface area contributed by atoms with Crippen molar-refractivity contribution in [3.8, 4) is 11.5 Å². The molecule has 1 aliphatic heterocycles. The lowest BCUT2D eigenvalue weighted by atomic mass is 9.92. The van der Waals surface area contributed by atoms with Crippen molar-refractivity contribution < 1.29 is 28.9 Å². The van der Waals surface area contributed by atoms with E-state index in [1.807, 2.05) is 30.3 Å². The van der Waals surface area contributed by atoms with E-state index in [-0.39, 0.29) is 17.7 Å². The van der Waals surface area contributed by atoms with Crippen LogP contribution in [-0.4, -0.2) is 41.9 Å². The van der Waals surface area contributed by atoms with Gasteiger partial charge in [0.05, 0.1) is 34.0 Å². The standard InChI is InChI=1S/C31H24BrClN2O7S/c1-3-41-30(39)26-27(18-7-5-4-6-8-18)34-31-35(28(26)20-15-19(33)10-12-22(20)40-2)29(38)24(43-31)14-17-9-11-23(21(32)13-17)42-16-25(36)37/h4-15,28H,3,16H2,1-2H3,(H,36,37)/b24-14-/t28-/m1/s1. The number of halogens is 2. The first-order valence-electron chi connectivity index (χ1n) is 13.0. The highest BCUT2D eigenvalue weighted by Gasteiger charge is 2.36. The minimum Gasteiger partial charge on any atom is -0.496 e. The van der Waals surface area contributed by atoms with Gasteiger partial charge in [0.25, 0.3) is 5.56 Å². The first kappa shape index (κ1) is 30.3. The minimum atomic E-state index is -1.10. The van der Waals surface area contributed by atoms with E-state index in [1.165, 1.54) is 23.0 Å². The molecule has 0 aliphatic carbocycles. The molecule has 1 N–H and O–H groups in total. The maximum absolute atomic E-state index is 14.1. The van der Waals surface area contributed by atoms with Crippen LogP contribution in [0.1, 0.15) is 29.7 Å². The molecule has 0 unspecified atom stereocenters. The van der Waals surface area contributed by atoms with Gasteiger partial charge in [-0.15, -0.1) is 0 Å². The molecule has 0 fully saturated rings. The number of ether oxygens (including phenoxy) is 3. The van der Waals surface area contributed by atoms with Crippen LogP contribution in [0.5, 0.6) is 11.5 Å². The topological polar surface area (TPSA) is 116 Å². The van der Waals surface area contributed by atoms with Crippen LogP contribution >= 0.6 is 38.9 Å². The molecular weight excluding hydrogens is 660 g/mol. The van der Waals surface area contributed by atoms with Gasteiger partial charge in [-0.05, 0) is 64.8 Å². The number of methoxy groups -OCH3 is 1. The highest BCUT2D eigenvalue weighted by molar-refractivity contribution is 9.10. The van der Waals surface area contributed by atoms with Crippen molar-refractivity contribution in [3.63, 3.8) is 0 Å². The quantitative estimate of drug-likeness (QED) is 0.252. The van der Waals surface area contributed by atoms with Gasteiger partial charge in [0.2, 0.25) is 0 Å². The number of carboxylic acid groups (broad SMARTS) is 1. The summed E-state index contributed by atoms with van der Waals surface area (Å²) in [5.41, 5.74) is 2.00. The third kappa shape index (κ3) is 6.29. The maximum Gasteiger partial charge on any atom is 0.341 e. The van der Waals surface area contributed by atoms with Gasteiger partial charge in [-0.25, -0.2) is 14.6 Å². The van der Waals surface area contributed by atoms with E-state index in [0.717, 1.165) is 0 Å². The second kappa shape index (κ2) is 13.0. The minimum absolute atomic E-state index is 0.120. The molecule has 2 heterocycles. The molecule has 4 aromatic rings. The normalized spacial score (nSPS) is 14.6. The van der Waals surface area contributed by atoms with Crippen LogP contribution in [0.2, 0.25) is 5.02 Å². The van der Waals surface area contributed by atoms with Crippen molar-refractivity contribution in [2.45, 2.75) is 13.0 Å². The van der Waals surface area contributed by atoms with Crippen LogP contribution < -0.4 is 24.4 Å². The average Bonchev–Trinajstić information content (AvgIpc) is 3.30. The van der Waals surface area contributed by atoms with Crippen molar-refractivity contribution in [2.75, 3.05) is 20.3 Å². The van der Waals surface area contributed by atoms with Gasteiger partial charge < -0.3 is 19.3 Å². The van der Waals surface area contributed by atoms with Crippen LogP contribution in [0.15, 0.2) is 86.6 Å². The molecule has 0 amide bonds. The Bertz CT molecular complexity index is 1940. The number of aliphatic carboxylic acids is 1. The molecule has 0 saturated carbocycles. The van der Waals surface area contributed by atoms with Gasteiger partial charge >= 0.3 is 11.9 Å². The second-order valence-corrected chi connectivity index (χ2v) is 11.5. The van der Waals surface area contributed by atoms with E-state index in [9.17, 15) is 14.4 Å². The molecule has 220 valence electrons. The summed E-state index contributed by atoms with van der Waals surface area (Å²) in [7, 11) is 1.50. The van der Waals surface area contributed by atoms with E-state index in [4.69, 9.17) is 35.9 Å². The maximum atomic E-state index is 14.1. The van der Waals surface area contributed by atoms with E-state index in [1.54, 1.807) is 49.4 Å². The first-order valence-corrected chi connectivity index (χ1v) is 15.0. The smallest absolute Gasteiger partial charge is 0.341 e. The van der Waals surface area contributed by atoms with Crippen LogP contribution in [0.3, 0.4) is 0 Å². The molecule has 1 aromatic heterocycles. The first-order chi connectivity index (χ1) is 20.7. The summed E-state index contributed by atoms with van der Waals surface area (Å²) in [6, 6.07) is 18.3. The van der Waals surface area contributed by atoms with Crippen LogP contribution in [0, 0.1) is 0 Å². The van der Waals surface area contributed by atoms with Gasteiger partial charge in [0.1, 0.15) is 17.5 Å². The summed E-state index contributed by atoms with van der Waals surface area (Å²) >= 11 is 11.0. The Balaban J connectivity index is 1.77. The van der Waals surface area contributed by atoms with Crippen molar-refractivity contribution in [1.29, 1.82) is 0 Å². The third-order valence-corrected chi connectivity index (χ3v) is 8.30. The number of thiazole rings is 1. The Labute approximate surface area is 263 Å². The number of aromatic nitrogens is 1. The molecule has 1 atom stereocenters. The summed E-state index contributed by atoms with van der Waals surface area (Å²) < 4.78 is 18.8.